The average molecular weight is 274 g/mol. The van der Waals surface area contributed by atoms with E-state index < -0.39 is 5.91 Å². The number of rotatable bonds is 4. The minimum absolute atomic E-state index is 0.0327. The second-order valence-corrected chi connectivity index (χ2v) is 4.84. The average Bonchev–Trinajstić information content (AvgIpc) is 2.49. The highest BCUT2D eigenvalue weighted by molar-refractivity contribution is 5.86. The van der Waals surface area contributed by atoms with Gasteiger partial charge in [0.15, 0.2) is 0 Å². The van der Waals surface area contributed by atoms with Gasteiger partial charge in [0.2, 0.25) is 11.8 Å². The standard InChI is InChI=1S/C15H18N2O3/c18-14(16-20)11-13-7-4-9-17(15(13)19)10-8-12-5-2-1-3-6-12/h1-3,5-6,8,10,13,20H,4,7,9,11H2,(H,16,18). The van der Waals surface area contributed by atoms with E-state index in [0.717, 1.165) is 12.0 Å². The van der Waals surface area contributed by atoms with Gasteiger partial charge in [0.25, 0.3) is 0 Å². The molecule has 5 nitrogen and oxygen atoms in total. The highest BCUT2D eigenvalue weighted by Gasteiger charge is 2.29. The Kier molecular flexibility index (Phi) is 4.90. The van der Waals surface area contributed by atoms with Gasteiger partial charge in [-0.15, -0.1) is 0 Å². The van der Waals surface area contributed by atoms with Crippen LogP contribution in [0.5, 0.6) is 0 Å². The second-order valence-electron chi connectivity index (χ2n) is 4.84. The van der Waals surface area contributed by atoms with Crippen LogP contribution in [-0.4, -0.2) is 28.5 Å². The molecule has 1 unspecified atom stereocenters. The molecule has 20 heavy (non-hydrogen) atoms. The van der Waals surface area contributed by atoms with Crippen LogP contribution in [-0.2, 0) is 9.59 Å². The maximum absolute atomic E-state index is 12.2. The SMILES string of the molecule is O=C(CC1CCCN(C=Cc2ccccc2)C1=O)NO. The summed E-state index contributed by atoms with van der Waals surface area (Å²) in [6.45, 7) is 0.666. The minimum Gasteiger partial charge on any atom is -0.319 e. The van der Waals surface area contributed by atoms with Crippen molar-refractivity contribution < 1.29 is 14.8 Å². The number of nitrogens with zero attached hydrogens (tertiary/aromatic N) is 1. The first-order chi connectivity index (χ1) is 9.70. The lowest BCUT2D eigenvalue weighted by Gasteiger charge is -2.29. The summed E-state index contributed by atoms with van der Waals surface area (Å²) in [6.07, 6.45) is 5.22. The molecule has 0 aliphatic carbocycles. The molecule has 1 aromatic rings. The summed E-state index contributed by atoms with van der Waals surface area (Å²) in [5, 5.41) is 8.53. The van der Waals surface area contributed by atoms with Gasteiger partial charge in [-0.3, -0.25) is 14.8 Å². The molecule has 1 heterocycles. The number of amides is 2. The number of piperidine rings is 1. The van der Waals surface area contributed by atoms with Crippen molar-refractivity contribution in [2.24, 2.45) is 5.92 Å². The minimum atomic E-state index is -0.516. The third-order valence-electron chi connectivity index (χ3n) is 3.39. The zero-order valence-corrected chi connectivity index (χ0v) is 11.2. The maximum atomic E-state index is 12.2. The van der Waals surface area contributed by atoms with Crippen LogP contribution in [0.1, 0.15) is 24.8 Å². The molecule has 1 atom stereocenters. The van der Waals surface area contributed by atoms with Crippen molar-refractivity contribution in [1.82, 2.24) is 10.4 Å². The summed E-state index contributed by atoms with van der Waals surface area (Å²) in [6, 6.07) is 9.73. The molecular weight excluding hydrogens is 256 g/mol. The third-order valence-corrected chi connectivity index (χ3v) is 3.39. The van der Waals surface area contributed by atoms with E-state index in [0.29, 0.717) is 13.0 Å². The van der Waals surface area contributed by atoms with Crippen LogP contribution < -0.4 is 5.48 Å². The third kappa shape index (κ3) is 3.68. The van der Waals surface area contributed by atoms with Crippen molar-refractivity contribution in [2.45, 2.75) is 19.3 Å². The molecule has 1 aromatic carbocycles. The normalized spacial score (nSPS) is 19.4. The Morgan fingerprint density at radius 3 is 2.85 bits per heavy atom. The van der Waals surface area contributed by atoms with E-state index in [-0.39, 0.29) is 18.2 Å². The van der Waals surface area contributed by atoms with Crippen LogP contribution in [0.15, 0.2) is 36.5 Å². The van der Waals surface area contributed by atoms with Gasteiger partial charge in [-0.2, -0.15) is 0 Å². The first kappa shape index (κ1) is 14.3. The van der Waals surface area contributed by atoms with E-state index in [1.54, 1.807) is 16.6 Å². The molecule has 1 saturated heterocycles. The van der Waals surface area contributed by atoms with Gasteiger partial charge >= 0.3 is 0 Å². The summed E-state index contributed by atoms with van der Waals surface area (Å²) in [7, 11) is 0. The number of hydroxylamine groups is 1. The molecule has 106 valence electrons. The Morgan fingerprint density at radius 2 is 2.15 bits per heavy atom. The zero-order chi connectivity index (χ0) is 14.4. The molecule has 0 saturated carbocycles. The van der Waals surface area contributed by atoms with Crippen LogP contribution in [0.25, 0.3) is 6.08 Å². The number of benzene rings is 1. The molecular formula is C15H18N2O3. The lowest BCUT2D eigenvalue weighted by atomic mass is 9.94. The molecule has 0 bridgehead atoms. The monoisotopic (exact) mass is 274 g/mol. The van der Waals surface area contributed by atoms with E-state index in [1.807, 2.05) is 36.4 Å². The number of nitrogens with one attached hydrogen (secondary N) is 1. The Labute approximate surface area is 117 Å². The fourth-order valence-corrected chi connectivity index (χ4v) is 2.32. The van der Waals surface area contributed by atoms with Crippen LogP contribution in [0.4, 0.5) is 0 Å². The molecule has 5 heteroatoms. The lowest BCUT2D eigenvalue weighted by Crippen LogP contribution is -2.39. The van der Waals surface area contributed by atoms with Crippen LogP contribution >= 0.6 is 0 Å². The fourth-order valence-electron chi connectivity index (χ4n) is 2.32. The predicted octanol–water partition coefficient (Wildman–Crippen LogP) is 1.79. The van der Waals surface area contributed by atoms with Crippen molar-refractivity contribution in [3.63, 3.8) is 0 Å². The van der Waals surface area contributed by atoms with E-state index in [1.165, 1.54) is 0 Å². The van der Waals surface area contributed by atoms with Gasteiger partial charge in [-0.1, -0.05) is 30.3 Å². The summed E-state index contributed by atoms with van der Waals surface area (Å²) in [4.78, 5) is 25.0. The smallest absolute Gasteiger partial charge is 0.244 e. The number of likely N-dealkylation sites (tertiary alicyclic amines) is 1. The summed E-state index contributed by atoms with van der Waals surface area (Å²) in [5.41, 5.74) is 2.60. The van der Waals surface area contributed by atoms with Crippen LogP contribution in [0.2, 0.25) is 0 Å². The van der Waals surface area contributed by atoms with E-state index in [2.05, 4.69) is 0 Å². The number of carbonyl (C=O) groups excluding carboxylic acids is 2. The van der Waals surface area contributed by atoms with E-state index >= 15 is 0 Å². The Morgan fingerprint density at radius 1 is 1.40 bits per heavy atom. The molecule has 1 aliphatic rings. The molecule has 2 amide bonds. The molecule has 0 radical (unpaired) electrons. The van der Waals surface area contributed by atoms with Crippen molar-refractivity contribution >= 4 is 17.9 Å². The number of hydrogen-bond donors (Lipinski definition) is 2. The van der Waals surface area contributed by atoms with E-state index in [4.69, 9.17) is 5.21 Å². The highest BCUT2D eigenvalue weighted by Crippen LogP contribution is 2.21. The highest BCUT2D eigenvalue weighted by atomic mass is 16.5. The molecule has 1 fully saturated rings. The molecule has 0 spiro atoms. The van der Waals surface area contributed by atoms with Crippen molar-refractivity contribution in [2.75, 3.05) is 6.54 Å². The topological polar surface area (TPSA) is 69.6 Å². The first-order valence-corrected chi connectivity index (χ1v) is 6.67. The predicted molar refractivity (Wildman–Crippen MR) is 74.5 cm³/mol. The first-order valence-electron chi connectivity index (χ1n) is 6.67. The van der Waals surface area contributed by atoms with Crippen molar-refractivity contribution in [1.29, 1.82) is 0 Å². The summed E-state index contributed by atoms with van der Waals surface area (Å²) >= 11 is 0. The summed E-state index contributed by atoms with van der Waals surface area (Å²) < 4.78 is 0. The quantitative estimate of drug-likeness (QED) is 0.649. The zero-order valence-electron chi connectivity index (χ0n) is 11.2. The van der Waals surface area contributed by atoms with Gasteiger partial charge in [-0.25, -0.2) is 5.48 Å². The Bertz CT molecular complexity index is 499. The molecule has 0 aromatic heterocycles. The van der Waals surface area contributed by atoms with E-state index in [9.17, 15) is 9.59 Å². The van der Waals surface area contributed by atoms with Gasteiger partial charge in [0.05, 0.1) is 0 Å². The van der Waals surface area contributed by atoms with Crippen LogP contribution in [0, 0.1) is 5.92 Å². The van der Waals surface area contributed by atoms with Gasteiger partial charge < -0.3 is 4.90 Å². The van der Waals surface area contributed by atoms with Crippen molar-refractivity contribution in [3.05, 3.63) is 42.1 Å². The van der Waals surface area contributed by atoms with Gasteiger partial charge in [0, 0.05) is 25.1 Å². The second kappa shape index (κ2) is 6.86. The van der Waals surface area contributed by atoms with Crippen LogP contribution in [0.3, 0.4) is 0 Å². The van der Waals surface area contributed by atoms with Gasteiger partial charge in [0.1, 0.15) is 0 Å². The Balaban J connectivity index is 2.00. The molecule has 2 rings (SSSR count). The number of carbonyl (C=O) groups is 2. The molecule has 2 N–H and O–H groups in total. The maximum Gasteiger partial charge on any atom is 0.244 e. The van der Waals surface area contributed by atoms with Crippen molar-refractivity contribution in [3.8, 4) is 0 Å². The fraction of sp³-hybridized carbons (Fsp3) is 0.333. The summed E-state index contributed by atoms with van der Waals surface area (Å²) in [5.74, 6) is -0.930. The Hall–Kier alpha value is -2.14. The molecule has 1 aliphatic heterocycles. The largest absolute Gasteiger partial charge is 0.319 e. The van der Waals surface area contributed by atoms with Gasteiger partial charge in [-0.05, 0) is 24.5 Å². The lowest BCUT2D eigenvalue weighted by molar-refractivity contribution is -0.140. The number of hydrogen-bond acceptors (Lipinski definition) is 3.